The molecule has 1 aromatic carbocycles. The van der Waals surface area contributed by atoms with Crippen LogP contribution in [0.5, 0.6) is 0 Å². The Hall–Kier alpha value is -3.16. The minimum absolute atomic E-state index is 0.0832. The largest absolute Gasteiger partial charge is 0.368 e. The van der Waals surface area contributed by atoms with E-state index >= 15 is 0 Å². The Balaban J connectivity index is 1.54. The normalized spacial score (nSPS) is 19.6. The molecule has 2 saturated heterocycles. The van der Waals surface area contributed by atoms with Crippen molar-refractivity contribution in [2.45, 2.75) is 65.0 Å². The average Bonchev–Trinajstić information content (AvgIpc) is 3.25. The maximum Gasteiger partial charge on any atom is 0.270 e. The highest BCUT2D eigenvalue weighted by Gasteiger charge is 2.38. The fourth-order valence-corrected chi connectivity index (χ4v) is 7.39. The number of hydrogen-bond donors (Lipinski definition) is 0. The van der Waals surface area contributed by atoms with Crippen molar-refractivity contribution in [3.8, 4) is 6.07 Å². The summed E-state index contributed by atoms with van der Waals surface area (Å²) in [4.78, 5) is 33.8. The van der Waals surface area contributed by atoms with Crippen LogP contribution >= 0.6 is 24.0 Å². The smallest absolute Gasteiger partial charge is 0.270 e. The van der Waals surface area contributed by atoms with Gasteiger partial charge in [0.25, 0.3) is 11.5 Å². The summed E-state index contributed by atoms with van der Waals surface area (Å²) in [7, 11) is 0. The van der Waals surface area contributed by atoms with E-state index in [0.29, 0.717) is 47.5 Å². The molecule has 7 nitrogen and oxygen atoms in total. The zero-order valence-electron chi connectivity index (χ0n) is 23.0. The number of nitriles is 1. The standard InChI is InChI=1S/C30H34FN5O2S2/c1-3-13-35-27(34-16-14-33(15-17-34)22-11-9-21(31)10-12-22)24(20(2)25(19-32)28(35)37)18-26-29(38)36(30(39)40-26)23-7-5-4-6-8-23/h9-12,18,23H,3-8,13-17H2,1-2H3/b26-18+. The summed E-state index contributed by atoms with van der Waals surface area (Å²) in [6.45, 7) is 6.91. The first kappa shape index (κ1) is 28.4. The fourth-order valence-electron chi connectivity index (χ4n) is 6.01. The average molecular weight is 580 g/mol. The van der Waals surface area contributed by atoms with Gasteiger partial charge in [-0.25, -0.2) is 4.39 Å². The molecule has 0 N–H and O–H groups in total. The lowest BCUT2D eigenvalue weighted by molar-refractivity contribution is -0.124. The number of halogens is 1. The monoisotopic (exact) mass is 579 g/mol. The second kappa shape index (κ2) is 12.1. The number of amides is 1. The summed E-state index contributed by atoms with van der Waals surface area (Å²) in [5.41, 5.74) is 2.07. The summed E-state index contributed by atoms with van der Waals surface area (Å²) < 4.78 is 15.7. The Morgan fingerprint density at radius 2 is 1.73 bits per heavy atom. The van der Waals surface area contributed by atoms with Crippen LogP contribution in [0.2, 0.25) is 0 Å². The molecule has 2 aromatic rings. The second-order valence-electron chi connectivity index (χ2n) is 10.6. The Kier molecular flexibility index (Phi) is 8.62. The molecule has 0 unspecified atom stereocenters. The number of benzene rings is 1. The van der Waals surface area contributed by atoms with Crippen molar-refractivity contribution in [1.29, 1.82) is 5.26 Å². The lowest BCUT2D eigenvalue weighted by Crippen LogP contribution is -2.48. The third-order valence-electron chi connectivity index (χ3n) is 8.10. The number of hydrogen-bond acceptors (Lipinski definition) is 7. The molecule has 0 atom stereocenters. The Bertz CT molecular complexity index is 1430. The van der Waals surface area contributed by atoms with Gasteiger partial charge >= 0.3 is 0 Å². The van der Waals surface area contributed by atoms with E-state index in [9.17, 15) is 19.2 Å². The van der Waals surface area contributed by atoms with Gasteiger partial charge in [0.05, 0.1) is 4.91 Å². The summed E-state index contributed by atoms with van der Waals surface area (Å²) in [6, 6.07) is 8.75. The van der Waals surface area contributed by atoms with Crippen LogP contribution in [-0.4, -0.2) is 51.9 Å². The minimum atomic E-state index is -0.301. The second-order valence-corrected chi connectivity index (χ2v) is 12.3. The minimum Gasteiger partial charge on any atom is -0.368 e. The number of piperazine rings is 1. The van der Waals surface area contributed by atoms with Gasteiger partial charge in [-0.15, -0.1) is 0 Å². The first-order chi connectivity index (χ1) is 19.3. The molecular formula is C30H34FN5O2S2. The van der Waals surface area contributed by atoms with Crippen LogP contribution in [0.15, 0.2) is 34.0 Å². The molecule has 3 fully saturated rings. The van der Waals surface area contributed by atoms with Crippen LogP contribution in [-0.2, 0) is 11.3 Å². The predicted molar refractivity (Wildman–Crippen MR) is 163 cm³/mol. The van der Waals surface area contributed by atoms with Crippen LogP contribution < -0.4 is 15.4 Å². The van der Waals surface area contributed by atoms with Crippen molar-refractivity contribution in [2.75, 3.05) is 36.0 Å². The van der Waals surface area contributed by atoms with E-state index in [-0.39, 0.29) is 28.9 Å². The highest BCUT2D eigenvalue weighted by atomic mass is 32.2. The van der Waals surface area contributed by atoms with Gasteiger partial charge in [-0.05, 0) is 62.1 Å². The number of pyridine rings is 1. The number of carbonyl (C=O) groups is 1. The van der Waals surface area contributed by atoms with Gasteiger partial charge in [0, 0.05) is 50.0 Å². The van der Waals surface area contributed by atoms with Crippen LogP contribution in [0.25, 0.3) is 6.08 Å². The number of nitrogens with zero attached hydrogens (tertiary/aromatic N) is 5. The molecule has 5 rings (SSSR count). The topological polar surface area (TPSA) is 72.6 Å². The molecule has 40 heavy (non-hydrogen) atoms. The molecule has 210 valence electrons. The van der Waals surface area contributed by atoms with Gasteiger partial charge in [-0.3, -0.25) is 19.1 Å². The van der Waals surface area contributed by atoms with Crippen molar-refractivity contribution in [3.63, 3.8) is 0 Å². The first-order valence-corrected chi connectivity index (χ1v) is 15.3. The van der Waals surface area contributed by atoms with Gasteiger partial charge in [0.15, 0.2) is 0 Å². The van der Waals surface area contributed by atoms with Crippen molar-refractivity contribution in [2.24, 2.45) is 0 Å². The van der Waals surface area contributed by atoms with E-state index in [2.05, 4.69) is 15.9 Å². The molecule has 1 amide bonds. The van der Waals surface area contributed by atoms with E-state index in [1.165, 1.54) is 30.3 Å². The number of thiocarbonyl (C=S) groups is 1. The van der Waals surface area contributed by atoms with Crippen LogP contribution in [0, 0.1) is 24.1 Å². The third-order valence-corrected chi connectivity index (χ3v) is 9.43. The van der Waals surface area contributed by atoms with E-state index < -0.39 is 0 Å². The van der Waals surface area contributed by atoms with Gasteiger partial charge in [-0.2, -0.15) is 5.26 Å². The van der Waals surface area contributed by atoms with E-state index in [0.717, 1.165) is 49.2 Å². The number of rotatable bonds is 6. The van der Waals surface area contributed by atoms with Crippen LogP contribution in [0.3, 0.4) is 0 Å². The third kappa shape index (κ3) is 5.41. The molecule has 1 aliphatic carbocycles. The molecule has 0 bridgehead atoms. The molecule has 2 aliphatic heterocycles. The molecule has 10 heteroatoms. The zero-order chi connectivity index (χ0) is 28.4. The lowest BCUT2D eigenvalue weighted by Gasteiger charge is -2.39. The van der Waals surface area contributed by atoms with E-state index in [1.54, 1.807) is 28.5 Å². The maximum atomic E-state index is 13.6. The van der Waals surface area contributed by atoms with E-state index in [4.69, 9.17) is 12.2 Å². The van der Waals surface area contributed by atoms with Gasteiger partial charge in [0.1, 0.15) is 27.6 Å². The molecule has 1 saturated carbocycles. The van der Waals surface area contributed by atoms with Crippen molar-refractivity contribution in [3.05, 3.63) is 62.0 Å². The molecule has 3 heterocycles. The molecule has 1 aromatic heterocycles. The summed E-state index contributed by atoms with van der Waals surface area (Å²) in [5.74, 6) is 0.391. The fraction of sp³-hybridized carbons (Fsp3) is 0.467. The lowest BCUT2D eigenvalue weighted by atomic mass is 9.94. The summed E-state index contributed by atoms with van der Waals surface area (Å²) in [6.07, 6.45) is 7.88. The van der Waals surface area contributed by atoms with Gasteiger partial charge in [-0.1, -0.05) is 50.2 Å². The zero-order valence-corrected chi connectivity index (χ0v) is 24.6. The Morgan fingerprint density at radius 3 is 2.35 bits per heavy atom. The number of aromatic nitrogens is 1. The van der Waals surface area contributed by atoms with Crippen molar-refractivity contribution >= 4 is 51.8 Å². The van der Waals surface area contributed by atoms with Crippen LogP contribution in [0.1, 0.15) is 62.1 Å². The molecular weight excluding hydrogens is 545 g/mol. The predicted octanol–water partition coefficient (Wildman–Crippen LogP) is 5.44. The Labute approximate surface area is 244 Å². The molecule has 3 aliphatic rings. The number of thioether (sulfide) groups is 1. The highest BCUT2D eigenvalue weighted by molar-refractivity contribution is 8.26. The molecule has 0 radical (unpaired) electrons. The van der Waals surface area contributed by atoms with E-state index in [1.807, 2.05) is 13.0 Å². The first-order valence-electron chi connectivity index (χ1n) is 14.0. The number of anilines is 2. The number of carbonyl (C=O) groups excluding carboxylic acids is 1. The van der Waals surface area contributed by atoms with Gasteiger partial charge < -0.3 is 9.80 Å². The SMILES string of the molecule is CCCn1c(N2CCN(c3ccc(F)cc3)CC2)c(/C=C2/SC(=S)N(C3CCCCC3)C2=O)c(C)c(C#N)c1=O. The Morgan fingerprint density at radius 1 is 1.07 bits per heavy atom. The summed E-state index contributed by atoms with van der Waals surface area (Å²) in [5, 5.41) is 9.93. The molecule has 0 spiro atoms. The highest BCUT2D eigenvalue weighted by Crippen LogP contribution is 2.39. The van der Waals surface area contributed by atoms with Crippen molar-refractivity contribution < 1.29 is 9.18 Å². The maximum absolute atomic E-state index is 13.6. The quantitative estimate of drug-likeness (QED) is 0.334. The van der Waals surface area contributed by atoms with Crippen LogP contribution in [0.4, 0.5) is 15.9 Å². The van der Waals surface area contributed by atoms with Crippen molar-refractivity contribution in [1.82, 2.24) is 9.47 Å². The summed E-state index contributed by atoms with van der Waals surface area (Å²) >= 11 is 6.98. The van der Waals surface area contributed by atoms with Gasteiger partial charge in [0.2, 0.25) is 0 Å².